The van der Waals surface area contributed by atoms with Crippen LogP contribution in [0.25, 0.3) is 0 Å². The largest absolute Gasteiger partial charge is 0.501 e. The molecule has 0 aliphatic carbocycles. The Balaban J connectivity index is 2.98. The molecule has 9 heteroatoms. The molecule has 0 heterocycles. The first-order valence-corrected chi connectivity index (χ1v) is 6.98. The molecule has 0 saturated heterocycles. The van der Waals surface area contributed by atoms with Gasteiger partial charge in [-0.05, 0) is 30.7 Å². The number of carbonyl (C=O) groups is 1. The summed E-state index contributed by atoms with van der Waals surface area (Å²) >= 11 is 0. The van der Waals surface area contributed by atoms with Gasteiger partial charge in [0.1, 0.15) is 6.04 Å². The maximum Gasteiger partial charge on any atom is 0.501 e. The van der Waals surface area contributed by atoms with Crippen LogP contribution in [0.4, 0.5) is 18.9 Å². The van der Waals surface area contributed by atoms with Crippen molar-refractivity contribution in [3.05, 3.63) is 24.3 Å². The molecule has 5 nitrogen and oxygen atoms in total. The number of alkyl halides is 3. The number of sulfone groups is 1. The third-order valence-electron chi connectivity index (χ3n) is 2.52. The fourth-order valence-electron chi connectivity index (χ4n) is 1.40. The van der Waals surface area contributed by atoms with Crippen molar-refractivity contribution in [2.75, 3.05) is 5.32 Å². The molecule has 1 rings (SSSR count). The number of carboxylic acids is 1. The van der Waals surface area contributed by atoms with Gasteiger partial charge < -0.3 is 10.4 Å². The zero-order chi connectivity index (χ0) is 15.6. The van der Waals surface area contributed by atoms with Crippen LogP contribution in [0.15, 0.2) is 29.2 Å². The van der Waals surface area contributed by atoms with E-state index in [1.165, 1.54) is 0 Å². The number of rotatable bonds is 5. The van der Waals surface area contributed by atoms with Gasteiger partial charge in [-0.25, -0.2) is 13.2 Å². The van der Waals surface area contributed by atoms with E-state index in [0.717, 1.165) is 24.3 Å². The highest BCUT2D eigenvalue weighted by atomic mass is 32.2. The Morgan fingerprint density at radius 1 is 1.30 bits per heavy atom. The second kappa shape index (κ2) is 5.70. The molecule has 0 aliphatic heterocycles. The lowest BCUT2D eigenvalue weighted by Gasteiger charge is -2.14. The summed E-state index contributed by atoms with van der Waals surface area (Å²) in [5.41, 5.74) is -5.14. The van der Waals surface area contributed by atoms with Crippen LogP contribution in [-0.4, -0.2) is 31.0 Å². The van der Waals surface area contributed by atoms with E-state index in [1.54, 1.807) is 6.92 Å². The van der Waals surface area contributed by atoms with E-state index in [0.29, 0.717) is 0 Å². The summed E-state index contributed by atoms with van der Waals surface area (Å²) in [5.74, 6) is -1.11. The van der Waals surface area contributed by atoms with Crippen LogP contribution in [0.3, 0.4) is 0 Å². The third kappa shape index (κ3) is 3.41. The minimum Gasteiger partial charge on any atom is -0.480 e. The number of anilines is 1. The maximum absolute atomic E-state index is 12.3. The van der Waals surface area contributed by atoms with E-state index in [-0.39, 0.29) is 12.1 Å². The van der Waals surface area contributed by atoms with Gasteiger partial charge in [-0.15, -0.1) is 0 Å². The molecule has 1 atom stereocenters. The summed E-state index contributed by atoms with van der Waals surface area (Å²) in [5, 5.41) is 11.4. The fourth-order valence-corrected chi connectivity index (χ4v) is 2.17. The molecule has 112 valence electrons. The smallest absolute Gasteiger partial charge is 0.480 e. The molecule has 0 fully saturated rings. The lowest BCUT2D eigenvalue weighted by molar-refractivity contribution is -0.137. The van der Waals surface area contributed by atoms with E-state index in [1.807, 2.05) is 0 Å². The standard InChI is InChI=1S/C11H12F3NO4S/c1-2-9(10(16)17)15-7-3-5-8(6-4-7)20(18,19)11(12,13)14/h3-6,9,15H,2H2,1H3,(H,16,17). The summed E-state index contributed by atoms with van der Waals surface area (Å²) in [6, 6.07) is 2.83. The molecule has 0 saturated carbocycles. The van der Waals surface area contributed by atoms with Crippen LogP contribution in [-0.2, 0) is 14.6 Å². The lowest BCUT2D eigenvalue weighted by atomic mass is 10.2. The fraction of sp³-hybridized carbons (Fsp3) is 0.364. The normalized spacial score (nSPS) is 13.8. The van der Waals surface area contributed by atoms with Gasteiger partial charge in [-0.1, -0.05) is 6.92 Å². The summed E-state index contributed by atoms with van der Waals surface area (Å²) < 4.78 is 59.2. The second-order valence-electron chi connectivity index (χ2n) is 3.92. The van der Waals surface area contributed by atoms with Crippen molar-refractivity contribution in [1.82, 2.24) is 0 Å². The van der Waals surface area contributed by atoms with Gasteiger partial charge in [0.15, 0.2) is 0 Å². The highest BCUT2D eigenvalue weighted by molar-refractivity contribution is 7.92. The summed E-state index contributed by atoms with van der Waals surface area (Å²) in [6.07, 6.45) is 0.262. The van der Waals surface area contributed by atoms with Gasteiger partial charge in [0.25, 0.3) is 9.84 Å². The number of nitrogens with one attached hydrogen (secondary N) is 1. The predicted octanol–water partition coefficient (Wildman–Crippen LogP) is 2.26. The Hall–Kier alpha value is -1.77. The van der Waals surface area contributed by atoms with Crippen molar-refractivity contribution >= 4 is 21.5 Å². The molecule has 1 unspecified atom stereocenters. The first-order chi connectivity index (χ1) is 9.09. The number of aliphatic carboxylic acids is 1. The van der Waals surface area contributed by atoms with Gasteiger partial charge >= 0.3 is 11.5 Å². The predicted molar refractivity (Wildman–Crippen MR) is 65.0 cm³/mol. The van der Waals surface area contributed by atoms with Crippen LogP contribution >= 0.6 is 0 Å². The van der Waals surface area contributed by atoms with Crippen LogP contribution in [0.2, 0.25) is 0 Å². The van der Waals surface area contributed by atoms with Crippen LogP contribution in [0.5, 0.6) is 0 Å². The number of hydrogen-bond acceptors (Lipinski definition) is 4. The number of carboxylic acid groups (broad SMARTS) is 1. The maximum atomic E-state index is 12.3. The Bertz CT molecular complexity index is 581. The number of benzene rings is 1. The molecule has 20 heavy (non-hydrogen) atoms. The zero-order valence-corrected chi connectivity index (χ0v) is 11.1. The van der Waals surface area contributed by atoms with Gasteiger partial charge in [-0.3, -0.25) is 0 Å². The molecule has 0 aliphatic rings. The Morgan fingerprint density at radius 2 is 1.80 bits per heavy atom. The first-order valence-electron chi connectivity index (χ1n) is 5.50. The summed E-state index contributed by atoms with van der Waals surface area (Å²) in [6.45, 7) is 1.62. The Kier molecular flexibility index (Phi) is 4.64. The summed E-state index contributed by atoms with van der Waals surface area (Å²) in [4.78, 5) is 9.90. The quantitative estimate of drug-likeness (QED) is 0.871. The van der Waals surface area contributed by atoms with Crippen molar-refractivity contribution in [2.24, 2.45) is 0 Å². The van der Waals surface area contributed by atoms with Crippen molar-refractivity contribution in [3.8, 4) is 0 Å². The van der Waals surface area contributed by atoms with Gasteiger partial charge in [0.2, 0.25) is 0 Å². The topological polar surface area (TPSA) is 83.5 Å². The molecular weight excluding hydrogens is 299 g/mol. The van der Waals surface area contributed by atoms with Crippen molar-refractivity contribution in [1.29, 1.82) is 0 Å². The lowest BCUT2D eigenvalue weighted by Crippen LogP contribution is -2.28. The Labute approximate surface area is 113 Å². The van der Waals surface area contributed by atoms with E-state index >= 15 is 0 Å². The minimum atomic E-state index is -5.39. The molecule has 0 radical (unpaired) electrons. The van der Waals surface area contributed by atoms with Crippen LogP contribution < -0.4 is 5.32 Å². The zero-order valence-electron chi connectivity index (χ0n) is 10.3. The second-order valence-corrected chi connectivity index (χ2v) is 5.86. The molecule has 2 N–H and O–H groups in total. The van der Waals surface area contributed by atoms with E-state index < -0.39 is 32.3 Å². The SMILES string of the molecule is CCC(Nc1ccc(S(=O)(=O)C(F)(F)F)cc1)C(=O)O. The first kappa shape index (κ1) is 16.3. The van der Waals surface area contributed by atoms with E-state index in [9.17, 15) is 26.4 Å². The third-order valence-corrected chi connectivity index (χ3v) is 4.02. The minimum absolute atomic E-state index is 0.223. The monoisotopic (exact) mass is 311 g/mol. The van der Waals surface area contributed by atoms with Crippen LogP contribution in [0.1, 0.15) is 13.3 Å². The molecular formula is C11H12F3NO4S. The molecule has 0 bridgehead atoms. The molecule has 1 aromatic carbocycles. The average molecular weight is 311 g/mol. The Morgan fingerprint density at radius 3 is 2.15 bits per heavy atom. The van der Waals surface area contributed by atoms with Gasteiger partial charge in [0, 0.05) is 5.69 Å². The van der Waals surface area contributed by atoms with E-state index in [2.05, 4.69) is 5.32 Å². The molecule has 0 amide bonds. The molecule has 1 aromatic rings. The molecule has 0 spiro atoms. The average Bonchev–Trinajstić information content (AvgIpc) is 2.34. The summed E-state index contributed by atoms with van der Waals surface area (Å²) in [7, 11) is -5.39. The van der Waals surface area contributed by atoms with Crippen molar-refractivity contribution < 1.29 is 31.5 Å². The van der Waals surface area contributed by atoms with Gasteiger partial charge in [-0.2, -0.15) is 13.2 Å². The van der Waals surface area contributed by atoms with E-state index in [4.69, 9.17) is 5.11 Å². The highest BCUT2D eigenvalue weighted by Crippen LogP contribution is 2.30. The van der Waals surface area contributed by atoms with Crippen molar-refractivity contribution in [3.63, 3.8) is 0 Å². The van der Waals surface area contributed by atoms with Crippen molar-refractivity contribution in [2.45, 2.75) is 29.8 Å². The van der Waals surface area contributed by atoms with Crippen LogP contribution in [0, 0.1) is 0 Å². The number of halogens is 3. The molecule has 0 aromatic heterocycles. The highest BCUT2D eigenvalue weighted by Gasteiger charge is 2.46. The van der Waals surface area contributed by atoms with Gasteiger partial charge in [0.05, 0.1) is 4.90 Å². The number of hydrogen-bond donors (Lipinski definition) is 2.